The van der Waals surface area contributed by atoms with Crippen LogP contribution >= 0.6 is 11.3 Å². The van der Waals surface area contributed by atoms with E-state index < -0.39 is 9.84 Å². The molecule has 1 aliphatic rings. The molecule has 0 saturated carbocycles. The van der Waals surface area contributed by atoms with Crippen LogP contribution in [-0.2, 0) is 39.7 Å². The SMILES string of the molecule is Cc1ccc(CN2Cc3sc(NC(=O)Cc4ccc(S(C)(=O)=O)cc4)nc3C2(C)C)cc1. The normalized spacial score (nSPS) is 15.5. The highest BCUT2D eigenvalue weighted by Crippen LogP contribution is 2.43. The number of amides is 1. The van der Waals surface area contributed by atoms with Crippen LogP contribution in [0.3, 0.4) is 0 Å². The third kappa shape index (κ3) is 4.77. The van der Waals surface area contributed by atoms with E-state index in [4.69, 9.17) is 4.98 Å². The number of thiazole rings is 1. The largest absolute Gasteiger partial charge is 0.302 e. The molecular weight excluding hydrogens is 442 g/mol. The molecule has 1 amide bonds. The lowest BCUT2D eigenvalue weighted by Crippen LogP contribution is -2.35. The van der Waals surface area contributed by atoms with Crippen molar-refractivity contribution in [3.05, 3.63) is 75.8 Å². The predicted octanol–water partition coefficient (Wildman–Crippen LogP) is 4.29. The van der Waals surface area contributed by atoms with E-state index in [-0.39, 0.29) is 22.8 Å². The van der Waals surface area contributed by atoms with Gasteiger partial charge in [-0.15, -0.1) is 0 Å². The summed E-state index contributed by atoms with van der Waals surface area (Å²) in [5, 5.41) is 3.51. The Bertz CT molecular complexity index is 1240. The van der Waals surface area contributed by atoms with Crippen LogP contribution in [-0.4, -0.2) is 30.5 Å². The zero-order chi connectivity index (χ0) is 23.1. The maximum atomic E-state index is 12.5. The van der Waals surface area contributed by atoms with Crippen molar-refractivity contribution in [2.75, 3.05) is 11.6 Å². The number of sulfone groups is 1. The van der Waals surface area contributed by atoms with Gasteiger partial charge >= 0.3 is 0 Å². The molecule has 3 aromatic rings. The Labute approximate surface area is 193 Å². The summed E-state index contributed by atoms with van der Waals surface area (Å²) in [6, 6.07) is 15.0. The number of nitrogens with zero attached hydrogens (tertiary/aromatic N) is 2. The lowest BCUT2D eigenvalue weighted by Gasteiger charge is -2.31. The maximum absolute atomic E-state index is 12.5. The van der Waals surface area contributed by atoms with E-state index >= 15 is 0 Å². The number of carbonyl (C=O) groups excluding carboxylic acids is 1. The topological polar surface area (TPSA) is 79.4 Å². The molecule has 168 valence electrons. The first-order valence-electron chi connectivity index (χ1n) is 10.4. The molecule has 0 fully saturated rings. The number of benzene rings is 2. The maximum Gasteiger partial charge on any atom is 0.230 e. The minimum Gasteiger partial charge on any atom is -0.302 e. The molecule has 8 heteroatoms. The Kier molecular flexibility index (Phi) is 5.96. The van der Waals surface area contributed by atoms with Gasteiger partial charge in [0.1, 0.15) is 0 Å². The van der Waals surface area contributed by atoms with Crippen LogP contribution in [0.1, 0.15) is 41.1 Å². The summed E-state index contributed by atoms with van der Waals surface area (Å²) in [5.41, 5.74) is 4.07. The molecule has 32 heavy (non-hydrogen) atoms. The summed E-state index contributed by atoms with van der Waals surface area (Å²) >= 11 is 1.52. The molecule has 1 aromatic heterocycles. The highest BCUT2D eigenvalue weighted by Gasteiger charge is 2.40. The number of hydrogen-bond donors (Lipinski definition) is 1. The summed E-state index contributed by atoms with van der Waals surface area (Å²) in [6.45, 7) is 8.08. The fourth-order valence-electron chi connectivity index (χ4n) is 3.88. The van der Waals surface area contributed by atoms with Gasteiger partial charge in [0.05, 0.1) is 22.5 Å². The van der Waals surface area contributed by atoms with E-state index in [9.17, 15) is 13.2 Å². The monoisotopic (exact) mass is 469 g/mol. The summed E-state index contributed by atoms with van der Waals surface area (Å²) in [6.07, 6.45) is 1.33. The molecule has 0 radical (unpaired) electrons. The van der Waals surface area contributed by atoms with Gasteiger partial charge < -0.3 is 5.32 Å². The highest BCUT2D eigenvalue weighted by atomic mass is 32.2. The molecule has 0 saturated heterocycles. The zero-order valence-corrected chi connectivity index (χ0v) is 20.3. The molecule has 1 N–H and O–H groups in total. The average Bonchev–Trinajstić information content (AvgIpc) is 3.20. The number of aromatic nitrogens is 1. The minimum absolute atomic E-state index is 0.164. The Morgan fingerprint density at radius 1 is 1.09 bits per heavy atom. The molecule has 0 aliphatic carbocycles. The third-order valence-electron chi connectivity index (χ3n) is 5.86. The fourth-order valence-corrected chi connectivity index (χ4v) is 5.66. The van der Waals surface area contributed by atoms with E-state index in [0.717, 1.165) is 24.3 Å². The van der Waals surface area contributed by atoms with Crippen molar-refractivity contribution in [1.82, 2.24) is 9.88 Å². The smallest absolute Gasteiger partial charge is 0.230 e. The summed E-state index contributed by atoms with van der Waals surface area (Å²) in [5.74, 6) is -0.168. The van der Waals surface area contributed by atoms with Crippen molar-refractivity contribution in [3.8, 4) is 0 Å². The van der Waals surface area contributed by atoms with Crippen LogP contribution in [0.5, 0.6) is 0 Å². The Balaban J connectivity index is 1.41. The molecule has 4 rings (SSSR count). The van der Waals surface area contributed by atoms with Crippen molar-refractivity contribution >= 4 is 32.2 Å². The van der Waals surface area contributed by atoms with Crippen molar-refractivity contribution in [2.45, 2.75) is 50.7 Å². The summed E-state index contributed by atoms with van der Waals surface area (Å²) < 4.78 is 23.2. The van der Waals surface area contributed by atoms with Crippen molar-refractivity contribution in [3.63, 3.8) is 0 Å². The van der Waals surface area contributed by atoms with Gasteiger partial charge in [0.25, 0.3) is 0 Å². The van der Waals surface area contributed by atoms with Gasteiger partial charge in [-0.05, 0) is 44.0 Å². The van der Waals surface area contributed by atoms with Gasteiger partial charge in [-0.25, -0.2) is 13.4 Å². The summed E-state index contributed by atoms with van der Waals surface area (Å²) in [4.78, 5) is 21.1. The Morgan fingerprint density at radius 2 is 1.72 bits per heavy atom. The van der Waals surface area contributed by atoms with Crippen LogP contribution in [0.15, 0.2) is 53.4 Å². The molecule has 2 heterocycles. The lowest BCUT2D eigenvalue weighted by atomic mass is 10.0. The highest BCUT2D eigenvalue weighted by molar-refractivity contribution is 7.90. The average molecular weight is 470 g/mol. The fraction of sp³-hybridized carbons (Fsp3) is 0.333. The molecular formula is C24H27N3O3S2. The van der Waals surface area contributed by atoms with E-state index in [1.165, 1.54) is 45.7 Å². The summed E-state index contributed by atoms with van der Waals surface area (Å²) in [7, 11) is -3.25. The number of hydrogen-bond acceptors (Lipinski definition) is 6. The Hall–Kier alpha value is -2.55. The molecule has 0 unspecified atom stereocenters. The lowest BCUT2D eigenvalue weighted by molar-refractivity contribution is -0.115. The first-order valence-corrected chi connectivity index (χ1v) is 13.1. The molecule has 6 nitrogen and oxygen atoms in total. The van der Waals surface area contributed by atoms with E-state index in [1.54, 1.807) is 12.1 Å². The van der Waals surface area contributed by atoms with Gasteiger partial charge in [0, 0.05) is 24.2 Å². The number of aryl methyl sites for hydroxylation is 1. The van der Waals surface area contributed by atoms with Crippen LogP contribution < -0.4 is 5.32 Å². The molecule has 0 spiro atoms. The quantitative estimate of drug-likeness (QED) is 0.583. The van der Waals surface area contributed by atoms with Crippen LogP contribution in [0.4, 0.5) is 5.13 Å². The number of rotatable bonds is 6. The van der Waals surface area contributed by atoms with E-state index in [1.807, 2.05) is 0 Å². The Morgan fingerprint density at radius 3 is 2.31 bits per heavy atom. The van der Waals surface area contributed by atoms with Crippen molar-refractivity contribution in [1.29, 1.82) is 0 Å². The first-order chi connectivity index (χ1) is 15.0. The van der Waals surface area contributed by atoms with E-state index in [0.29, 0.717) is 5.13 Å². The van der Waals surface area contributed by atoms with Crippen LogP contribution in [0, 0.1) is 6.92 Å². The van der Waals surface area contributed by atoms with E-state index in [2.05, 4.69) is 55.3 Å². The molecule has 0 bridgehead atoms. The second-order valence-corrected chi connectivity index (χ2v) is 11.9. The van der Waals surface area contributed by atoms with Crippen LogP contribution in [0.2, 0.25) is 0 Å². The van der Waals surface area contributed by atoms with Gasteiger partial charge in [-0.2, -0.15) is 0 Å². The van der Waals surface area contributed by atoms with Crippen molar-refractivity contribution < 1.29 is 13.2 Å². The number of anilines is 1. The second kappa shape index (κ2) is 8.42. The molecule has 0 atom stereocenters. The standard InChI is InChI=1S/C24H27N3O3S2/c1-16-5-7-18(8-6-16)14-27-15-20-22(24(27,2)3)26-23(31-20)25-21(28)13-17-9-11-19(12-10-17)32(4,29)30/h5-12H,13-15H2,1-4H3,(H,25,26,28). The number of carbonyl (C=O) groups is 1. The van der Waals surface area contributed by atoms with Gasteiger partial charge in [0.2, 0.25) is 5.91 Å². The second-order valence-electron chi connectivity index (χ2n) is 8.83. The van der Waals surface area contributed by atoms with Crippen molar-refractivity contribution in [2.24, 2.45) is 0 Å². The van der Waals surface area contributed by atoms with Gasteiger partial charge in [-0.3, -0.25) is 9.69 Å². The van der Waals surface area contributed by atoms with Crippen LogP contribution in [0.25, 0.3) is 0 Å². The zero-order valence-electron chi connectivity index (χ0n) is 18.7. The number of fused-ring (bicyclic) bond motifs is 1. The number of nitrogens with one attached hydrogen (secondary N) is 1. The minimum atomic E-state index is -3.25. The van der Waals surface area contributed by atoms with Gasteiger partial charge in [-0.1, -0.05) is 53.3 Å². The predicted molar refractivity (Wildman–Crippen MR) is 127 cm³/mol. The molecule has 2 aromatic carbocycles. The van der Waals surface area contributed by atoms with Gasteiger partial charge in [0.15, 0.2) is 15.0 Å². The third-order valence-corrected chi connectivity index (χ3v) is 7.94. The molecule has 1 aliphatic heterocycles. The first kappa shape index (κ1) is 22.6.